The van der Waals surface area contributed by atoms with Crippen LogP contribution < -0.4 is 0 Å². The lowest BCUT2D eigenvalue weighted by Gasteiger charge is -2.27. The summed E-state index contributed by atoms with van der Waals surface area (Å²) in [6.07, 6.45) is -4.18. The third-order valence-corrected chi connectivity index (χ3v) is 2.95. The van der Waals surface area contributed by atoms with Crippen LogP contribution in [-0.4, -0.2) is 45.5 Å². The number of aromatic nitrogens is 3. The van der Waals surface area contributed by atoms with Gasteiger partial charge in [-0.25, -0.2) is 0 Å². The Labute approximate surface area is 95.2 Å². The van der Waals surface area contributed by atoms with Crippen LogP contribution in [0.2, 0.25) is 0 Å². The van der Waals surface area contributed by atoms with E-state index in [1.54, 1.807) is 0 Å². The summed E-state index contributed by atoms with van der Waals surface area (Å²) in [5, 5.41) is 6.84. The molecule has 8 heteroatoms. The van der Waals surface area contributed by atoms with Crippen LogP contribution in [0.15, 0.2) is 0 Å². The molecule has 0 spiro atoms. The predicted octanol–water partition coefficient (Wildman–Crippen LogP) is 0.511. The van der Waals surface area contributed by atoms with E-state index < -0.39 is 12.0 Å². The molecule has 3 heterocycles. The predicted molar refractivity (Wildman–Crippen MR) is 50.0 cm³/mol. The summed E-state index contributed by atoms with van der Waals surface area (Å²) in [6, 6.07) is 0. The Morgan fingerprint density at radius 3 is 2.71 bits per heavy atom. The van der Waals surface area contributed by atoms with E-state index in [-0.39, 0.29) is 12.6 Å². The Hall–Kier alpha value is -1.15. The first kappa shape index (κ1) is 11.0. The van der Waals surface area contributed by atoms with Gasteiger partial charge in [0.2, 0.25) is 5.82 Å². The lowest BCUT2D eigenvalue weighted by molar-refractivity contribution is -0.148. The number of fused-ring (bicyclic) bond motifs is 1. The molecule has 1 fully saturated rings. The van der Waals surface area contributed by atoms with Crippen molar-refractivity contribution in [3.8, 4) is 0 Å². The molecular formula is C9H11F3N4O. The molecule has 0 saturated carbocycles. The summed E-state index contributed by atoms with van der Waals surface area (Å²) in [5.41, 5.74) is 0. The Balaban J connectivity index is 1.77. The molecule has 1 saturated heterocycles. The Morgan fingerprint density at radius 1 is 1.29 bits per heavy atom. The van der Waals surface area contributed by atoms with Crippen LogP contribution in [0.5, 0.6) is 0 Å². The molecule has 1 aromatic rings. The number of hydrogen-bond donors (Lipinski definition) is 0. The largest absolute Gasteiger partial charge is 0.451 e. The number of hydrogen-bond acceptors (Lipinski definition) is 4. The van der Waals surface area contributed by atoms with Crippen LogP contribution >= 0.6 is 0 Å². The van der Waals surface area contributed by atoms with E-state index in [1.807, 2.05) is 4.90 Å². The summed E-state index contributed by atoms with van der Waals surface area (Å²) in [7, 11) is 0. The first-order chi connectivity index (χ1) is 8.04. The molecule has 0 N–H and O–H groups in total. The van der Waals surface area contributed by atoms with E-state index in [9.17, 15) is 13.2 Å². The van der Waals surface area contributed by atoms with E-state index in [4.69, 9.17) is 4.74 Å². The fourth-order valence-electron chi connectivity index (χ4n) is 2.03. The van der Waals surface area contributed by atoms with Gasteiger partial charge in [0.05, 0.1) is 19.3 Å². The second-order valence-electron chi connectivity index (χ2n) is 4.28. The monoisotopic (exact) mass is 248 g/mol. The van der Waals surface area contributed by atoms with E-state index >= 15 is 0 Å². The van der Waals surface area contributed by atoms with Crippen molar-refractivity contribution < 1.29 is 17.9 Å². The molecule has 0 radical (unpaired) electrons. The molecule has 1 unspecified atom stereocenters. The standard InChI is InChI=1S/C9H11F3N4O/c10-9(11,12)8-14-13-7-4-15(1-2-16(7)8)3-6-5-17-6/h6H,1-5H2. The van der Waals surface area contributed by atoms with Gasteiger partial charge in [0.1, 0.15) is 5.82 Å². The van der Waals surface area contributed by atoms with Crippen LogP contribution in [0.1, 0.15) is 11.6 Å². The first-order valence-electron chi connectivity index (χ1n) is 5.37. The van der Waals surface area contributed by atoms with Crippen molar-refractivity contribution in [1.29, 1.82) is 0 Å². The number of nitrogens with zero attached hydrogens (tertiary/aromatic N) is 4. The molecule has 0 aromatic carbocycles. The first-order valence-corrected chi connectivity index (χ1v) is 5.37. The molecule has 3 rings (SSSR count). The number of rotatable bonds is 2. The van der Waals surface area contributed by atoms with Crippen LogP contribution in [0.3, 0.4) is 0 Å². The molecule has 1 aromatic heterocycles. The molecule has 1 atom stereocenters. The third-order valence-electron chi connectivity index (χ3n) is 2.95. The summed E-state index contributed by atoms with van der Waals surface area (Å²) in [4.78, 5) is 2.04. The van der Waals surface area contributed by atoms with Crippen molar-refractivity contribution >= 4 is 0 Å². The number of alkyl halides is 3. The van der Waals surface area contributed by atoms with Gasteiger partial charge in [-0.2, -0.15) is 13.2 Å². The smallest absolute Gasteiger partial charge is 0.372 e. The summed E-state index contributed by atoms with van der Waals surface area (Å²) in [6.45, 7) is 2.77. The lowest BCUT2D eigenvalue weighted by atomic mass is 10.3. The minimum atomic E-state index is -4.42. The number of ether oxygens (including phenoxy) is 1. The molecule has 17 heavy (non-hydrogen) atoms. The zero-order chi connectivity index (χ0) is 12.0. The SMILES string of the molecule is FC(F)(F)c1nnc2n1CCN(CC1CO1)C2. The Morgan fingerprint density at radius 2 is 2.06 bits per heavy atom. The maximum atomic E-state index is 12.6. The van der Waals surface area contributed by atoms with Crippen LogP contribution in [0, 0.1) is 0 Å². The highest BCUT2D eigenvalue weighted by Gasteiger charge is 2.39. The maximum absolute atomic E-state index is 12.6. The average Bonchev–Trinajstić information content (AvgIpc) is 2.94. The van der Waals surface area contributed by atoms with Crippen molar-refractivity contribution in [3.63, 3.8) is 0 Å². The summed E-state index contributed by atoms with van der Waals surface area (Å²) in [5.74, 6) is -0.515. The van der Waals surface area contributed by atoms with Gasteiger partial charge in [-0.15, -0.1) is 10.2 Å². The summed E-state index contributed by atoms with van der Waals surface area (Å²) < 4.78 is 44.0. The fraction of sp³-hybridized carbons (Fsp3) is 0.778. The Kier molecular flexibility index (Phi) is 2.37. The molecule has 2 aliphatic heterocycles. The quantitative estimate of drug-likeness (QED) is 0.715. The highest BCUT2D eigenvalue weighted by Crippen LogP contribution is 2.29. The van der Waals surface area contributed by atoms with Crippen molar-refractivity contribution in [2.45, 2.75) is 25.4 Å². The van der Waals surface area contributed by atoms with E-state index in [1.165, 1.54) is 0 Å². The highest BCUT2D eigenvalue weighted by molar-refractivity contribution is 5.02. The van der Waals surface area contributed by atoms with Gasteiger partial charge in [0, 0.05) is 19.6 Å². The fourth-order valence-corrected chi connectivity index (χ4v) is 2.03. The van der Waals surface area contributed by atoms with Crippen molar-refractivity contribution in [2.24, 2.45) is 0 Å². The summed E-state index contributed by atoms with van der Waals surface area (Å²) >= 11 is 0. The molecule has 94 valence electrons. The molecule has 5 nitrogen and oxygen atoms in total. The van der Waals surface area contributed by atoms with Crippen LogP contribution in [-0.2, 0) is 24.0 Å². The van der Waals surface area contributed by atoms with Gasteiger partial charge in [-0.3, -0.25) is 4.90 Å². The molecule has 0 amide bonds. The van der Waals surface area contributed by atoms with Crippen molar-refractivity contribution in [2.75, 3.05) is 19.7 Å². The van der Waals surface area contributed by atoms with E-state index in [0.29, 0.717) is 18.9 Å². The van der Waals surface area contributed by atoms with Gasteiger partial charge < -0.3 is 9.30 Å². The van der Waals surface area contributed by atoms with Gasteiger partial charge in [0.25, 0.3) is 0 Å². The van der Waals surface area contributed by atoms with Crippen LogP contribution in [0.4, 0.5) is 13.2 Å². The van der Waals surface area contributed by atoms with Gasteiger partial charge in [-0.05, 0) is 0 Å². The van der Waals surface area contributed by atoms with Gasteiger partial charge >= 0.3 is 6.18 Å². The van der Waals surface area contributed by atoms with Crippen LogP contribution in [0.25, 0.3) is 0 Å². The van der Waals surface area contributed by atoms with E-state index in [2.05, 4.69) is 10.2 Å². The number of halogens is 3. The van der Waals surface area contributed by atoms with E-state index in [0.717, 1.165) is 17.7 Å². The minimum Gasteiger partial charge on any atom is -0.372 e. The van der Waals surface area contributed by atoms with Crippen molar-refractivity contribution in [1.82, 2.24) is 19.7 Å². The second-order valence-corrected chi connectivity index (χ2v) is 4.28. The zero-order valence-electron chi connectivity index (χ0n) is 8.94. The minimum absolute atomic E-state index is 0.242. The van der Waals surface area contributed by atoms with Gasteiger partial charge in [0.15, 0.2) is 0 Å². The average molecular weight is 248 g/mol. The third kappa shape index (κ3) is 2.14. The Bertz CT molecular complexity index is 426. The van der Waals surface area contributed by atoms with Crippen molar-refractivity contribution in [3.05, 3.63) is 11.6 Å². The normalized spacial score (nSPS) is 24.8. The topological polar surface area (TPSA) is 46.5 Å². The highest BCUT2D eigenvalue weighted by atomic mass is 19.4. The lowest BCUT2D eigenvalue weighted by Crippen LogP contribution is -2.37. The molecule has 0 aliphatic carbocycles. The molecule has 0 bridgehead atoms. The maximum Gasteiger partial charge on any atom is 0.451 e. The molecular weight excluding hydrogens is 237 g/mol. The zero-order valence-corrected chi connectivity index (χ0v) is 8.94. The molecule has 2 aliphatic rings. The van der Waals surface area contributed by atoms with Gasteiger partial charge in [-0.1, -0.05) is 0 Å². The number of epoxide rings is 1. The second kappa shape index (κ2) is 3.67.